The molecule has 7 nitrogen and oxygen atoms in total. The molecule has 0 spiro atoms. The fraction of sp³-hybridized carbons (Fsp3) is 0.364. The minimum atomic E-state index is -0.898. The number of carbonyl (C=O) groups is 2. The highest BCUT2D eigenvalue weighted by Crippen LogP contribution is 1.88. The third kappa shape index (κ3) is 10.8. The van der Waals surface area contributed by atoms with E-state index in [1.807, 2.05) is 24.4 Å². The predicted octanol–water partition coefficient (Wildman–Crippen LogP) is 3.50. The largest absolute Gasteiger partial charge is 0.452 e. The molecule has 1 N–H and O–H groups in total. The molecular formula is C11H15N3O4S. The van der Waals surface area contributed by atoms with Gasteiger partial charge in [0.05, 0.1) is 13.2 Å². The maximum absolute atomic E-state index is 10.5. The lowest BCUT2D eigenvalue weighted by Gasteiger charge is -1.93. The molecule has 1 aromatic rings. The van der Waals surface area contributed by atoms with Gasteiger partial charge in [-0.15, -0.1) is 0 Å². The van der Waals surface area contributed by atoms with Gasteiger partial charge in [-0.05, 0) is 26.0 Å². The van der Waals surface area contributed by atoms with E-state index < -0.39 is 12.2 Å². The number of H-pyrrole nitrogens is 1. The first-order chi connectivity index (χ1) is 9.10. The van der Waals surface area contributed by atoms with E-state index >= 15 is 0 Å². The number of nitrogens with zero attached hydrogens (tertiary/aromatic N) is 2. The van der Waals surface area contributed by atoms with Gasteiger partial charge in [0.1, 0.15) is 4.64 Å². The Balaban J connectivity index is 0.000000388. The zero-order valence-corrected chi connectivity index (χ0v) is 11.5. The fourth-order valence-electron chi connectivity index (χ4n) is 0.763. The molecule has 0 saturated carbocycles. The van der Waals surface area contributed by atoms with Crippen LogP contribution in [0.2, 0.25) is 0 Å². The number of hydrogen-bond acceptors (Lipinski definition) is 5. The first-order valence-corrected chi connectivity index (χ1v) is 5.89. The van der Waals surface area contributed by atoms with Crippen LogP contribution in [0.15, 0.2) is 34.6 Å². The Morgan fingerprint density at radius 3 is 1.95 bits per heavy atom. The average Bonchev–Trinajstić information content (AvgIpc) is 2.39. The van der Waals surface area contributed by atoms with Gasteiger partial charge in [0, 0.05) is 6.20 Å². The minimum absolute atomic E-state index is 0.195. The molecule has 0 aliphatic carbocycles. The third-order valence-corrected chi connectivity index (χ3v) is 1.68. The number of aromatic nitrogens is 1. The summed E-state index contributed by atoms with van der Waals surface area (Å²) >= 11 is 4.76. The van der Waals surface area contributed by atoms with Crippen LogP contribution in [0.5, 0.6) is 0 Å². The Morgan fingerprint density at radius 1 is 1.16 bits per heavy atom. The van der Waals surface area contributed by atoms with Gasteiger partial charge < -0.3 is 14.5 Å². The summed E-state index contributed by atoms with van der Waals surface area (Å²) in [6.45, 7) is 3.64. The average molecular weight is 285 g/mol. The lowest BCUT2D eigenvalue weighted by atomic mass is 10.5. The van der Waals surface area contributed by atoms with Crippen molar-refractivity contribution >= 4 is 24.4 Å². The SMILES string of the molecule is CCOC(=O)N=NC(=O)OCC.S=c1cccc[nH]1. The Hall–Kier alpha value is -2.09. The number of nitrogens with one attached hydrogen (secondary N) is 1. The second kappa shape index (κ2) is 11.0. The minimum Gasteiger partial charge on any atom is -0.447 e. The summed E-state index contributed by atoms with van der Waals surface area (Å²) in [5.41, 5.74) is 0. The lowest BCUT2D eigenvalue weighted by molar-refractivity contribution is 0.152. The van der Waals surface area contributed by atoms with Crippen LogP contribution in [0.1, 0.15) is 13.8 Å². The van der Waals surface area contributed by atoms with Crippen molar-refractivity contribution in [3.63, 3.8) is 0 Å². The summed E-state index contributed by atoms with van der Waals surface area (Å²) in [4.78, 5) is 23.8. The predicted molar refractivity (Wildman–Crippen MR) is 70.5 cm³/mol. The van der Waals surface area contributed by atoms with Crippen molar-refractivity contribution in [2.24, 2.45) is 10.2 Å². The summed E-state index contributed by atoms with van der Waals surface area (Å²) in [5, 5.41) is 5.84. The quantitative estimate of drug-likeness (QED) is 0.663. The Bertz CT molecular complexity index is 436. The number of carbonyl (C=O) groups excluding carboxylic acids is 2. The van der Waals surface area contributed by atoms with Gasteiger partial charge in [-0.1, -0.05) is 28.5 Å². The van der Waals surface area contributed by atoms with Crippen molar-refractivity contribution in [2.75, 3.05) is 13.2 Å². The Morgan fingerprint density at radius 2 is 1.68 bits per heavy atom. The normalized spacial score (nSPS) is 9.37. The van der Waals surface area contributed by atoms with Crippen molar-refractivity contribution in [1.82, 2.24) is 4.98 Å². The highest BCUT2D eigenvalue weighted by molar-refractivity contribution is 7.71. The zero-order valence-electron chi connectivity index (χ0n) is 10.7. The summed E-state index contributed by atoms with van der Waals surface area (Å²) in [5.74, 6) is 0. The van der Waals surface area contributed by atoms with Crippen LogP contribution in [0.4, 0.5) is 9.59 Å². The molecule has 1 heterocycles. The smallest absolute Gasteiger partial charge is 0.447 e. The van der Waals surface area contributed by atoms with Crippen molar-refractivity contribution in [3.8, 4) is 0 Å². The molecular weight excluding hydrogens is 270 g/mol. The number of amides is 2. The summed E-state index contributed by atoms with van der Waals surface area (Å²) < 4.78 is 9.51. The number of aromatic amines is 1. The van der Waals surface area contributed by atoms with Gasteiger partial charge in [-0.3, -0.25) is 0 Å². The van der Waals surface area contributed by atoms with E-state index in [0.29, 0.717) is 0 Å². The first kappa shape index (κ1) is 16.9. The van der Waals surface area contributed by atoms with Gasteiger partial charge in [0.2, 0.25) is 0 Å². The fourth-order valence-corrected chi connectivity index (χ4v) is 0.910. The maximum atomic E-state index is 10.5. The van der Waals surface area contributed by atoms with Gasteiger partial charge in [-0.25, -0.2) is 9.59 Å². The van der Waals surface area contributed by atoms with Crippen LogP contribution < -0.4 is 0 Å². The standard InChI is InChI=1S/C6H10N2O4.C5H5NS/c1-3-11-5(9)7-8-6(10)12-4-2;7-5-3-1-2-4-6-5/h3-4H2,1-2H3;1-4H,(H,6,7). The topological polar surface area (TPSA) is 93.1 Å². The van der Waals surface area contributed by atoms with Crippen molar-refractivity contribution in [1.29, 1.82) is 0 Å². The number of rotatable bonds is 2. The van der Waals surface area contributed by atoms with Crippen molar-refractivity contribution in [3.05, 3.63) is 29.0 Å². The molecule has 0 bridgehead atoms. The summed E-state index contributed by atoms with van der Waals surface area (Å²) in [6, 6.07) is 5.64. The first-order valence-electron chi connectivity index (χ1n) is 5.49. The Labute approximate surface area is 115 Å². The van der Waals surface area contributed by atoms with Gasteiger partial charge >= 0.3 is 12.2 Å². The highest BCUT2D eigenvalue weighted by Gasteiger charge is 2.00. The van der Waals surface area contributed by atoms with Crippen LogP contribution in [0.25, 0.3) is 0 Å². The second-order valence-corrected chi connectivity index (χ2v) is 3.26. The van der Waals surface area contributed by atoms with Crippen molar-refractivity contribution in [2.45, 2.75) is 13.8 Å². The summed E-state index contributed by atoms with van der Waals surface area (Å²) in [7, 11) is 0. The van der Waals surface area contributed by atoms with Gasteiger partial charge in [-0.2, -0.15) is 0 Å². The van der Waals surface area contributed by atoms with E-state index in [2.05, 4.69) is 24.7 Å². The number of pyridine rings is 1. The lowest BCUT2D eigenvalue weighted by Crippen LogP contribution is -2.00. The maximum Gasteiger partial charge on any atom is 0.452 e. The molecule has 0 unspecified atom stereocenters. The molecule has 2 amide bonds. The third-order valence-electron chi connectivity index (χ3n) is 1.43. The zero-order chi connectivity index (χ0) is 14.5. The van der Waals surface area contributed by atoms with E-state index in [0.717, 1.165) is 4.64 Å². The number of ether oxygens (including phenoxy) is 2. The van der Waals surface area contributed by atoms with E-state index in [-0.39, 0.29) is 13.2 Å². The van der Waals surface area contributed by atoms with Crippen LogP contribution in [-0.2, 0) is 9.47 Å². The van der Waals surface area contributed by atoms with Gasteiger partial charge in [0.25, 0.3) is 0 Å². The molecule has 0 fully saturated rings. The molecule has 19 heavy (non-hydrogen) atoms. The van der Waals surface area contributed by atoms with E-state index in [1.54, 1.807) is 13.8 Å². The molecule has 1 rings (SSSR count). The van der Waals surface area contributed by atoms with Crippen LogP contribution in [-0.4, -0.2) is 30.4 Å². The van der Waals surface area contributed by atoms with Crippen LogP contribution >= 0.6 is 12.2 Å². The number of azo groups is 1. The second-order valence-electron chi connectivity index (χ2n) is 2.82. The van der Waals surface area contributed by atoms with E-state index in [9.17, 15) is 9.59 Å². The molecule has 0 saturated heterocycles. The molecule has 0 radical (unpaired) electrons. The van der Waals surface area contributed by atoms with Crippen LogP contribution in [0.3, 0.4) is 0 Å². The van der Waals surface area contributed by atoms with Gasteiger partial charge in [0.15, 0.2) is 0 Å². The molecule has 0 atom stereocenters. The van der Waals surface area contributed by atoms with E-state index in [1.165, 1.54) is 0 Å². The Kier molecular flexibility index (Phi) is 9.81. The monoisotopic (exact) mass is 285 g/mol. The molecule has 0 aromatic carbocycles. The molecule has 0 aliphatic rings. The molecule has 0 aliphatic heterocycles. The number of hydrogen-bond donors (Lipinski definition) is 1. The van der Waals surface area contributed by atoms with E-state index in [4.69, 9.17) is 12.2 Å². The summed E-state index contributed by atoms with van der Waals surface area (Å²) in [6.07, 6.45) is 0.0126. The molecule has 104 valence electrons. The highest BCUT2D eigenvalue weighted by atomic mass is 32.1. The molecule has 1 aromatic heterocycles. The molecule has 8 heteroatoms. The van der Waals surface area contributed by atoms with Crippen molar-refractivity contribution < 1.29 is 19.1 Å². The van der Waals surface area contributed by atoms with Crippen LogP contribution in [0, 0.1) is 4.64 Å².